The Labute approximate surface area is 134 Å². The molecule has 0 saturated carbocycles. The molecule has 1 N–H and O–H groups in total. The van der Waals surface area contributed by atoms with Crippen LogP contribution in [0.15, 0.2) is 35.1 Å². The van der Waals surface area contributed by atoms with E-state index < -0.39 is 0 Å². The third-order valence-electron chi connectivity index (χ3n) is 3.92. The number of furan rings is 1. The Hall–Kier alpha value is -1.88. The van der Waals surface area contributed by atoms with E-state index in [1.165, 1.54) is 0 Å². The summed E-state index contributed by atoms with van der Waals surface area (Å²) in [5.41, 5.74) is 3.60. The van der Waals surface area contributed by atoms with Crippen molar-refractivity contribution in [3.63, 3.8) is 0 Å². The van der Waals surface area contributed by atoms with Gasteiger partial charge in [0.15, 0.2) is 0 Å². The Balaban J connectivity index is 2.08. The number of rotatable bonds is 3. The molecule has 22 heavy (non-hydrogen) atoms. The Morgan fingerprint density at radius 2 is 2.18 bits per heavy atom. The fourth-order valence-electron chi connectivity index (χ4n) is 2.77. The molecule has 1 unspecified atom stereocenters. The van der Waals surface area contributed by atoms with Crippen molar-refractivity contribution in [1.82, 2.24) is 0 Å². The number of aromatic hydroxyl groups is 1. The first-order chi connectivity index (χ1) is 10.5. The zero-order chi connectivity index (χ0) is 15.9. The smallest absolute Gasteiger partial charge is 0.238 e. The van der Waals surface area contributed by atoms with Crippen LogP contribution < -0.4 is 4.90 Å². The molecule has 0 spiro atoms. The first kappa shape index (κ1) is 15.0. The van der Waals surface area contributed by atoms with Crippen LogP contribution in [0.25, 0.3) is 0 Å². The molecular formula is C17H19NO3S. The van der Waals surface area contributed by atoms with Crippen LogP contribution in [0.5, 0.6) is 5.75 Å². The second-order valence-corrected chi connectivity index (χ2v) is 6.90. The number of hydrogen-bond acceptors (Lipinski definition) is 4. The molecule has 0 aliphatic carbocycles. The van der Waals surface area contributed by atoms with Gasteiger partial charge in [-0.15, -0.1) is 11.8 Å². The number of anilines is 1. The van der Waals surface area contributed by atoms with E-state index in [2.05, 4.69) is 0 Å². The van der Waals surface area contributed by atoms with Gasteiger partial charge in [-0.1, -0.05) is 13.8 Å². The molecule has 1 aliphatic heterocycles. The van der Waals surface area contributed by atoms with Gasteiger partial charge in [-0.25, -0.2) is 0 Å². The van der Waals surface area contributed by atoms with Gasteiger partial charge in [0, 0.05) is 11.3 Å². The molecule has 4 nitrogen and oxygen atoms in total. The predicted octanol–water partition coefficient (Wildman–Crippen LogP) is 4.20. The molecule has 5 heteroatoms. The van der Waals surface area contributed by atoms with Crippen LogP contribution >= 0.6 is 11.8 Å². The highest BCUT2D eigenvalue weighted by atomic mass is 32.2. The van der Waals surface area contributed by atoms with Crippen molar-refractivity contribution in [2.75, 3.05) is 10.7 Å². The van der Waals surface area contributed by atoms with Crippen LogP contribution in [0.1, 0.15) is 41.8 Å². The van der Waals surface area contributed by atoms with Gasteiger partial charge in [0.05, 0.1) is 18.3 Å². The summed E-state index contributed by atoms with van der Waals surface area (Å²) in [7, 11) is 0. The van der Waals surface area contributed by atoms with Gasteiger partial charge in [-0.3, -0.25) is 9.69 Å². The van der Waals surface area contributed by atoms with E-state index in [0.717, 1.165) is 22.4 Å². The number of nitrogens with zero attached hydrogens (tertiary/aromatic N) is 1. The van der Waals surface area contributed by atoms with Crippen molar-refractivity contribution in [3.05, 3.63) is 47.4 Å². The SMILES string of the molecule is Cc1cc(O)c(C(C)C)cc1N1C(=O)CSC1c1ccoc1. The summed E-state index contributed by atoms with van der Waals surface area (Å²) < 4.78 is 5.17. The fourth-order valence-corrected chi connectivity index (χ4v) is 3.91. The van der Waals surface area contributed by atoms with Gasteiger partial charge in [-0.2, -0.15) is 0 Å². The Morgan fingerprint density at radius 3 is 2.82 bits per heavy atom. The van der Waals surface area contributed by atoms with E-state index in [1.54, 1.807) is 30.4 Å². The van der Waals surface area contributed by atoms with Crippen molar-refractivity contribution in [3.8, 4) is 5.75 Å². The molecule has 1 fully saturated rings. The zero-order valence-corrected chi connectivity index (χ0v) is 13.7. The van der Waals surface area contributed by atoms with E-state index in [9.17, 15) is 9.90 Å². The first-order valence-corrected chi connectivity index (χ1v) is 8.33. The largest absolute Gasteiger partial charge is 0.508 e. The number of phenols is 1. The van der Waals surface area contributed by atoms with E-state index in [0.29, 0.717) is 5.75 Å². The second-order valence-electron chi connectivity index (χ2n) is 5.84. The maximum absolute atomic E-state index is 12.4. The van der Waals surface area contributed by atoms with E-state index in [-0.39, 0.29) is 22.9 Å². The molecule has 1 atom stereocenters. The zero-order valence-electron chi connectivity index (χ0n) is 12.9. The van der Waals surface area contributed by atoms with Crippen molar-refractivity contribution >= 4 is 23.4 Å². The van der Waals surface area contributed by atoms with Gasteiger partial charge in [0.1, 0.15) is 11.1 Å². The Kier molecular flexibility index (Phi) is 3.91. The number of carbonyl (C=O) groups excluding carboxylic acids is 1. The summed E-state index contributed by atoms with van der Waals surface area (Å²) in [5.74, 6) is 1.01. The lowest BCUT2D eigenvalue weighted by molar-refractivity contribution is -0.115. The number of amides is 1. The lowest BCUT2D eigenvalue weighted by atomic mass is 9.98. The Bertz CT molecular complexity index is 694. The first-order valence-electron chi connectivity index (χ1n) is 7.28. The third-order valence-corrected chi connectivity index (χ3v) is 5.14. The molecule has 2 aromatic rings. The maximum atomic E-state index is 12.4. The minimum Gasteiger partial charge on any atom is -0.508 e. The molecule has 1 aliphatic rings. The molecule has 2 heterocycles. The highest BCUT2D eigenvalue weighted by molar-refractivity contribution is 8.00. The second kappa shape index (κ2) is 5.72. The molecule has 0 bridgehead atoms. The fraction of sp³-hybridized carbons (Fsp3) is 0.353. The average molecular weight is 317 g/mol. The van der Waals surface area contributed by atoms with Crippen LogP contribution in [-0.4, -0.2) is 16.8 Å². The molecule has 116 valence electrons. The summed E-state index contributed by atoms with van der Waals surface area (Å²) in [5, 5.41) is 10.0. The Morgan fingerprint density at radius 1 is 1.41 bits per heavy atom. The maximum Gasteiger partial charge on any atom is 0.238 e. The third kappa shape index (κ3) is 2.50. The highest BCUT2D eigenvalue weighted by Crippen LogP contribution is 2.44. The summed E-state index contributed by atoms with van der Waals surface area (Å²) in [4.78, 5) is 14.2. The minimum absolute atomic E-state index is 0.0745. The number of phenolic OH excluding ortho intramolecular Hbond substituents is 1. The van der Waals surface area contributed by atoms with Crippen molar-refractivity contribution in [2.24, 2.45) is 0 Å². The average Bonchev–Trinajstić information content (AvgIpc) is 3.08. The summed E-state index contributed by atoms with van der Waals surface area (Å²) in [6, 6.07) is 5.57. The number of hydrogen-bond donors (Lipinski definition) is 1. The lowest BCUT2D eigenvalue weighted by Crippen LogP contribution is -2.28. The molecule has 1 aromatic heterocycles. The molecule has 0 radical (unpaired) electrons. The topological polar surface area (TPSA) is 53.7 Å². The van der Waals surface area contributed by atoms with E-state index >= 15 is 0 Å². The predicted molar refractivity (Wildman–Crippen MR) is 88.3 cm³/mol. The monoisotopic (exact) mass is 317 g/mol. The van der Waals surface area contributed by atoms with Crippen LogP contribution in [0.2, 0.25) is 0 Å². The molecular weight excluding hydrogens is 298 g/mol. The van der Waals surface area contributed by atoms with Crippen molar-refractivity contribution in [2.45, 2.75) is 32.1 Å². The van der Waals surface area contributed by atoms with Crippen LogP contribution in [0.4, 0.5) is 5.69 Å². The summed E-state index contributed by atoms with van der Waals surface area (Å²) in [6.45, 7) is 5.98. The van der Waals surface area contributed by atoms with Gasteiger partial charge in [-0.05, 0) is 42.2 Å². The normalized spacial score (nSPS) is 18.5. The van der Waals surface area contributed by atoms with E-state index in [4.69, 9.17) is 4.42 Å². The molecule has 1 aromatic carbocycles. The van der Waals surface area contributed by atoms with Crippen molar-refractivity contribution in [1.29, 1.82) is 0 Å². The van der Waals surface area contributed by atoms with Crippen LogP contribution in [0, 0.1) is 6.92 Å². The highest BCUT2D eigenvalue weighted by Gasteiger charge is 2.35. The lowest BCUT2D eigenvalue weighted by Gasteiger charge is -2.26. The molecule has 1 amide bonds. The van der Waals surface area contributed by atoms with Crippen LogP contribution in [0.3, 0.4) is 0 Å². The van der Waals surface area contributed by atoms with Gasteiger partial charge < -0.3 is 9.52 Å². The van der Waals surface area contributed by atoms with Crippen LogP contribution in [-0.2, 0) is 4.79 Å². The summed E-state index contributed by atoms with van der Waals surface area (Å²) in [6.07, 6.45) is 3.31. The summed E-state index contributed by atoms with van der Waals surface area (Å²) >= 11 is 1.59. The minimum atomic E-state index is -0.0745. The number of thioether (sulfide) groups is 1. The van der Waals surface area contributed by atoms with Gasteiger partial charge in [0.2, 0.25) is 5.91 Å². The quantitative estimate of drug-likeness (QED) is 0.922. The number of carbonyl (C=O) groups is 1. The number of benzene rings is 1. The molecule has 1 saturated heterocycles. The van der Waals surface area contributed by atoms with Gasteiger partial charge in [0.25, 0.3) is 0 Å². The number of aryl methyl sites for hydroxylation is 1. The standard InChI is InChI=1S/C17H19NO3S/c1-10(2)13-7-14(11(3)6-15(13)19)18-16(20)9-22-17(18)12-4-5-21-8-12/h4-8,10,17,19H,9H2,1-3H3. The van der Waals surface area contributed by atoms with E-state index in [1.807, 2.05) is 37.8 Å². The molecule has 3 rings (SSSR count). The van der Waals surface area contributed by atoms with Gasteiger partial charge >= 0.3 is 0 Å². The van der Waals surface area contributed by atoms with Crippen molar-refractivity contribution < 1.29 is 14.3 Å².